The van der Waals surface area contributed by atoms with E-state index in [1.807, 2.05) is 0 Å². The first kappa shape index (κ1) is 24.0. The van der Waals surface area contributed by atoms with Crippen molar-refractivity contribution in [2.45, 2.75) is 64.0 Å². The van der Waals surface area contributed by atoms with E-state index < -0.39 is 0 Å². The SMILES string of the molecule is CCOC1CC(NC(=NC)NCCCN2C(=O)C3C4C=CC(C4)C3C2=O)C12CCCC2.I. The summed E-state index contributed by atoms with van der Waals surface area (Å²) in [5, 5.41) is 7.02. The molecule has 1 saturated heterocycles. The van der Waals surface area contributed by atoms with Crippen LogP contribution in [0, 0.1) is 29.1 Å². The molecule has 0 aromatic carbocycles. The van der Waals surface area contributed by atoms with Crippen LogP contribution in [0.15, 0.2) is 17.1 Å². The molecule has 4 aliphatic carbocycles. The van der Waals surface area contributed by atoms with Gasteiger partial charge >= 0.3 is 0 Å². The highest BCUT2D eigenvalue weighted by Crippen LogP contribution is 2.55. The molecule has 2 N–H and O–H groups in total. The molecule has 0 radical (unpaired) electrons. The number of imide groups is 1. The lowest BCUT2D eigenvalue weighted by Crippen LogP contribution is -2.65. The van der Waals surface area contributed by atoms with Crippen molar-refractivity contribution < 1.29 is 14.3 Å². The normalized spacial score (nSPS) is 36.4. The second kappa shape index (κ2) is 9.60. The highest BCUT2D eigenvalue weighted by atomic mass is 127. The number of hydrogen-bond acceptors (Lipinski definition) is 4. The van der Waals surface area contributed by atoms with Crippen LogP contribution in [0.25, 0.3) is 0 Å². The van der Waals surface area contributed by atoms with Gasteiger partial charge < -0.3 is 15.4 Å². The van der Waals surface area contributed by atoms with Crippen molar-refractivity contribution in [2.75, 3.05) is 26.7 Å². The lowest BCUT2D eigenvalue weighted by atomic mass is 9.60. The number of allylic oxidation sites excluding steroid dienone is 2. The predicted octanol–water partition coefficient (Wildman–Crippen LogP) is 2.70. The fraction of sp³-hybridized carbons (Fsp3) is 0.792. The van der Waals surface area contributed by atoms with Crippen molar-refractivity contribution >= 4 is 41.8 Å². The number of fused-ring (bicyclic) bond motifs is 5. The van der Waals surface area contributed by atoms with Gasteiger partial charge in [0.2, 0.25) is 11.8 Å². The van der Waals surface area contributed by atoms with Gasteiger partial charge in [0.25, 0.3) is 0 Å². The maximum atomic E-state index is 12.8. The molecule has 2 amide bonds. The number of likely N-dealkylation sites (tertiary alicyclic amines) is 1. The standard InChI is InChI=1S/C24H36N4O3.HI/c1-3-31-18-14-17(24(18)9-4-5-10-24)27-23(25-2)26-11-6-12-28-21(29)19-15-7-8-16(13-15)20(19)22(28)30;/h7-8,15-20H,3-6,9-14H2,1-2H3,(H2,25,26,27);1H. The Kier molecular flexibility index (Phi) is 7.20. The molecule has 4 fully saturated rings. The monoisotopic (exact) mass is 556 g/mol. The molecular weight excluding hydrogens is 519 g/mol. The van der Waals surface area contributed by atoms with E-state index in [9.17, 15) is 9.59 Å². The molecule has 1 aliphatic heterocycles. The number of aliphatic imine (C=N–C) groups is 1. The summed E-state index contributed by atoms with van der Waals surface area (Å²) in [4.78, 5) is 31.5. The zero-order chi connectivity index (χ0) is 21.6. The van der Waals surface area contributed by atoms with E-state index in [2.05, 4.69) is 34.7 Å². The molecule has 5 rings (SSSR count). The van der Waals surface area contributed by atoms with Gasteiger partial charge in [-0.1, -0.05) is 25.0 Å². The van der Waals surface area contributed by atoms with Crippen LogP contribution in [0.1, 0.15) is 51.9 Å². The number of carbonyl (C=O) groups excluding carboxylic acids is 2. The second-order valence-corrected chi connectivity index (χ2v) is 10.00. The number of halogens is 1. The van der Waals surface area contributed by atoms with Gasteiger partial charge in [0.05, 0.1) is 17.9 Å². The summed E-state index contributed by atoms with van der Waals surface area (Å²) < 4.78 is 6.01. The van der Waals surface area contributed by atoms with Gasteiger partial charge in [-0.2, -0.15) is 0 Å². The quantitative estimate of drug-likeness (QED) is 0.126. The Labute approximate surface area is 208 Å². The molecule has 1 heterocycles. The Morgan fingerprint density at radius 2 is 1.81 bits per heavy atom. The molecule has 8 heteroatoms. The number of amides is 2. The van der Waals surface area contributed by atoms with E-state index in [4.69, 9.17) is 4.74 Å². The number of nitrogens with zero attached hydrogens (tertiary/aromatic N) is 2. The minimum Gasteiger partial charge on any atom is -0.378 e. The lowest BCUT2D eigenvalue weighted by molar-refractivity contribution is -0.140. The minimum absolute atomic E-state index is 0. The summed E-state index contributed by atoms with van der Waals surface area (Å²) in [7, 11) is 1.80. The third-order valence-electron chi connectivity index (χ3n) is 8.63. The van der Waals surface area contributed by atoms with Crippen molar-refractivity contribution in [3.05, 3.63) is 12.2 Å². The Morgan fingerprint density at radius 1 is 1.16 bits per heavy atom. The van der Waals surface area contributed by atoms with Crippen LogP contribution < -0.4 is 10.6 Å². The first-order valence-electron chi connectivity index (χ1n) is 12.2. The number of ether oxygens (including phenoxy) is 1. The first-order chi connectivity index (χ1) is 15.1. The molecule has 5 aliphatic rings. The molecule has 2 bridgehead atoms. The largest absolute Gasteiger partial charge is 0.378 e. The van der Waals surface area contributed by atoms with Gasteiger partial charge in [-0.25, -0.2) is 0 Å². The summed E-state index contributed by atoms with van der Waals surface area (Å²) in [6.07, 6.45) is 12.4. The summed E-state index contributed by atoms with van der Waals surface area (Å²) in [6.45, 7) is 4.03. The van der Waals surface area contributed by atoms with E-state index in [0.717, 1.165) is 31.8 Å². The molecule has 7 nitrogen and oxygen atoms in total. The summed E-state index contributed by atoms with van der Waals surface area (Å²) in [6, 6.07) is 0.404. The molecule has 0 aromatic heterocycles. The van der Waals surface area contributed by atoms with Crippen molar-refractivity contribution in [3.63, 3.8) is 0 Å². The predicted molar refractivity (Wildman–Crippen MR) is 134 cm³/mol. The maximum absolute atomic E-state index is 12.8. The van der Waals surface area contributed by atoms with Gasteiger partial charge in [-0.3, -0.25) is 19.5 Å². The molecule has 6 unspecified atom stereocenters. The van der Waals surface area contributed by atoms with E-state index in [1.165, 1.54) is 30.6 Å². The molecule has 178 valence electrons. The topological polar surface area (TPSA) is 83.0 Å². The van der Waals surface area contributed by atoms with Crippen LogP contribution >= 0.6 is 24.0 Å². The Morgan fingerprint density at radius 3 is 2.41 bits per heavy atom. The number of nitrogens with one attached hydrogen (secondary N) is 2. The highest BCUT2D eigenvalue weighted by Gasteiger charge is 2.59. The van der Waals surface area contributed by atoms with E-state index in [1.54, 1.807) is 7.05 Å². The minimum atomic E-state index is -0.0932. The zero-order valence-electron chi connectivity index (χ0n) is 19.2. The molecule has 32 heavy (non-hydrogen) atoms. The lowest BCUT2D eigenvalue weighted by Gasteiger charge is -2.54. The van der Waals surface area contributed by atoms with Crippen molar-refractivity contribution in [1.29, 1.82) is 0 Å². The average molecular weight is 556 g/mol. The third kappa shape index (κ3) is 3.79. The Bertz CT molecular complexity index is 764. The van der Waals surface area contributed by atoms with Gasteiger partial charge in [-0.05, 0) is 50.9 Å². The maximum Gasteiger partial charge on any atom is 0.233 e. The van der Waals surface area contributed by atoms with Crippen LogP contribution in [-0.2, 0) is 14.3 Å². The Balaban J connectivity index is 0.00000245. The van der Waals surface area contributed by atoms with Crippen LogP contribution in [0.3, 0.4) is 0 Å². The van der Waals surface area contributed by atoms with Gasteiger partial charge in [0, 0.05) is 38.2 Å². The van der Waals surface area contributed by atoms with Crippen molar-refractivity contribution in [2.24, 2.45) is 34.1 Å². The van der Waals surface area contributed by atoms with Gasteiger partial charge in [0.15, 0.2) is 5.96 Å². The van der Waals surface area contributed by atoms with Crippen LogP contribution in [0.4, 0.5) is 0 Å². The number of carbonyl (C=O) groups is 2. The number of guanidine groups is 1. The molecule has 1 spiro atoms. The molecule has 6 atom stereocenters. The van der Waals surface area contributed by atoms with Crippen molar-refractivity contribution in [1.82, 2.24) is 15.5 Å². The fourth-order valence-corrected chi connectivity index (χ4v) is 7.08. The Hall–Kier alpha value is -1.16. The first-order valence-corrected chi connectivity index (χ1v) is 12.2. The smallest absolute Gasteiger partial charge is 0.233 e. The van der Waals surface area contributed by atoms with Crippen molar-refractivity contribution in [3.8, 4) is 0 Å². The number of hydrogen-bond donors (Lipinski definition) is 2. The third-order valence-corrected chi connectivity index (χ3v) is 8.63. The highest BCUT2D eigenvalue weighted by molar-refractivity contribution is 14.0. The summed E-state index contributed by atoms with van der Waals surface area (Å²) in [5.41, 5.74) is 0.257. The van der Waals surface area contributed by atoms with Crippen LogP contribution in [0.2, 0.25) is 0 Å². The fourth-order valence-electron chi connectivity index (χ4n) is 7.08. The average Bonchev–Trinajstić information content (AvgIpc) is 3.55. The summed E-state index contributed by atoms with van der Waals surface area (Å²) >= 11 is 0. The van der Waals surface area contributed by atoms with Gasteiger partial charge in [-0.15, -0.1) is 24.0 Å². The molecular formula is C24H37IN4O3. The van der Waals surface area contributed by atoms with Crippen LogP contribution in [0.5, 0.6) is 0 Å². The van der Waals surface area contributed by atoms with E-state index >= 15 is 0 Å². The number of rotatable bonds is 7. The molecule has 3 saturated carbocycles. The van der Waals surface area contributed by atoms with E-state index in [0.29, 0.717) is 25.2 Å². The second-order valence-electron chi connectivity index (χ2n) is 10.00. The van der Waals surface area contributed by atoms with Crippen LogP contribution in [-0.4, -0.2) is 61.6 Å². The van der Waals surface area contributed by atoms with E-state index in [-0.39, 0.29) is 64.9 Å². The van der Waals surface area contributed by atoms with Gasteiger partial charge in [0.1, 0.15) is 0 Å². The molecule has 0 aromatic rings. The summed E-state index contributed by atoms with van der Waals surface area (Å²) in [5.74, 6) is 1.29. The zero-order valence-corrected chi connectivity index (χ0v) is 21.5.